The molecule has 1 aliphatic rings. The minimum atomic E-state index is -0.108. The first-order valence-corrected chi connectivity index (χ1v) is 9.01. The summed E-state index contributed by atoms with van der Waals surface area (Å²) in [5.74, 6) is -0.421. The van der Waals surface area contributed by atoms with Gasteiger partial charge in [0.15, 0.2) is 23.0 Å². The molecule has 140 valence electrons. The average molecular weight is 358 g/mol. The van der Waals surface area contributed by atoms with Gasteiger partial charge in [-0.2, -0.15) is 0 Å². The molecule has 3 rings (SSSR count). The van der Waals surface area contributed by atoms with Crippen molar-refractivity contribution in [2.45, 2.75) is 50.9 Å². The first-order valence-electron chi connectivity index (χ1n) is 9.01. The summed E-state index contributed by atoms with van der Waals surface area (Å²) in [7, 11) is 0. The Kier molecular flexibility index (Phi) is 5.85. The standard InChI is InChI=1S/C20H26N2O4/c23-17-7-5-13(9-19(17)25)11-21-15-3-1-2-4-16(15)22-12-14-6-8-18(24)20(26)10-14/h5-10,15-16,21-26H,1-4,11-12H2/t15-,16-/m1/s1. The van der Waals surface area contributed by atoms with Crippen molar-refractivity contribution in [2.24, 2.45) is 0 Å². The van der Waals surface area contributed by atoms with Gasteiger partial charge in [0, 0.05) is 25.2 Å². The normalized spacial score (nSPS) is 20.2. The smallest absolute Gasteiger partial charge is 0.157 e. The predicted octanol–water partition coefficient (Wildman–Crippen LogP) is 2.70. The molecule has 0 heterocycles. The minimum absolute atomic E-state index is 0.102. The number of aromatic hydroxyl groups is 4. The highest BCUT2D eigenvalue weighted by atomic mass is 16.3. The number of phenols is 4. The molecule has 0 amide bonds. The summed E-state index contributed by atoms with van der Waals surface area (Å²) in [5, 5.41) is 45.1. The summed E-state index contributed by atoms with van der Waals surface area (Å²) >= 11 is 0. The van der Waals surface area contributed by atoms with E-state index in [0.29, 0.717) is 25.2 Å². The maximum atomic E-state index is 9.61. The lowest BCUT2D eigenvalue weighted by molar-refractivity contribution is 0.281. The molecule has 1 fully saturated rings. The second-order valence-electron chi connectivity index (χ2n) is 6.91. The lowest BCUT2D eigenvalue weighted by atomic mass is 9.90. The van der Waals surface area contributed by atoms with Crippen molar-refractivity contribution in [1.29, 1.82) is 0 Å². The molecule has 1 saturated carbocycles. The molecule has 2 aromatic carbocycles. The van der Waals surface area contributed by atoms with Crippen molar-refractivity contribution in [2.75, 3.05) is 0 Å². The van der Waals surface area contributed by atoms with Gasteiger partial charge in [-0.1, -0.05) is 25.0 Å². The van der Waals surface area contributed by atoms with Gasteiger partial charge < -0.3 is 31.1 Å². The van der Waals surface area contributed by atoms with Gasteiger partial charge in [-0.15, -0.1) is 0 Å². The van der Waals surface area contributed by atoms with Crippen LogP contribution in [-0.4, -0.2) is 32.5 Å². The zero-order chi connectivity index (χ0) is 18.5. The van der Waals surface area contributed by atoms with Crippen molar-refractivity contribution in [3.05, 3.63) is 47.5 Å². The Morgan fingerprint density at radius 3 is 1.46 bits per heavy atom. The third-order valence-corrected chi connectivity index (χ3v) is 4.98. The molecule has 1 aliphatic carbocycles. The predicted molar refractivity (Wildman–Crippen MR) is 99.3 cm³/mol. The number of rotatable bonds is 6. The maximum absolute atomic E-state index is 9.61. The van der Waals surface area contributed by atoms with Crippen LogP contribution in [0.1, 0.15) is 36.8 Å². The molecular weight excluding hydrogens is 332 g/mol. The van der Waals surface area contributed by atoms with Crippen LogP contribution in [0.2, 0.25) is 0 Å². The average Bonchev–Trinajstić information content (AvgIpc) is 2.64. The van der Waals surface area contributed by atoms with Gasteiger partial charge in [-0.05, 0) is 48.2 Å². The van der Waals surface area contributed by atoms with Crippen LogP contribution in [0.5, 0.6) is 23.0 Å². The summed E-state index contributed by atoms with van der Waals surface area (Å²) in [6, 6.07) is 10.4. The first-order chi connectivity index (χ1) is 12.5. The van der Waals surface area contributed by atoms with Gasteiger partial charge in [0.2, 0.25) is 0 Å². The second kappa shape index (κ2) is 8.29. The maximum Gasteiger partial charge on any atom is 0.157 e. The van der Waals surface area contributed by atoms with E-state index in [1.165, 1.54) is 25.0 Å². The van der Waals surface area contributed by atoms with Crippen molar-refractivity contribution in [1.82, 2.24) is 10.6 Å². The summed E-state index contributed by atoms with van der Waals surface area (Å²) in [5.41, 5.74) is 1.85. The molecule has 6 N–H and O–H groups in total. The Morgan fingerprint density at radius 1 is 0.654 bits per heavy atom. The number of hydrogen-bond donors (Lipinski definition) is 6. The topological polar surface area (TPSA) is 105 Å². The summed E-state index contributed by atoms with van der Waals surface area (Å²) in [6.07, 6.45) is 4.50. The molecule has 0 aliphatic heterocycles. The molecule has 0 saturated heterocycles. The van der Waals surface area contributed by atoms with Gasteiger partial charge in [-0.3, -0.25) is 0 Å². The Balaban J connectivity index is 1.56. The van der Waals surface area contributed by atoms with Gasteiger partial charge in [0.1, 0.15) is 0 Å². The highest BCUT2D eigenvalue weighted by Crippen LogP contribution is 2.27. The van der Waals surface area contributed by atoms with Crippen LogP contribution in [0.15, 0.2) is 36.4 Å². The van der Waals surface area contributed by atoms with E-state index < -0.39 is 0 Å². The molecule has 6 heteroatoms. The molecule has 0 unspecified atom stereocenters. The van der Waals surface area contributed by atoms with E-state index in [2.05, 4.69) is 10.6 Å². The number of benzene rings is 2. The zero-order valence-electron chi connectivity index (χ0n) is 14.7. The van der Waals surface area contributed by atoms with E-state index >= 15 is 0 Å². The monoisotopic (exact) mass is 358 g/mol. The highest BCUT2D eigenvalue weighted by molar-refractivity contribution is 5.41. The van der Waals surface area contributed by atoms with E-state index in [4.69, 9.17) is 0 Å². The number of phenolic OH excluding ortho intramolecular Hbond substituents is 4. The molecule has 2 atom stereocenters. The number of hydrogen-bond acceptors (Lipinski definition) is 6. The Hall–Kier alpha value is -2.44. The van der Waals surface area contributed by atoms with Crippen molar-refractivity contribution in [3.8, 4) is 23.0 Å². The van der Waals surface area contributed by atoms with E-state index in [1.807, 2.05) is 0 Å². The summed E-state index contributed by atoms with van der Waals surface area (Å²) < 4.78 is 0. The molecule has 6 nitrogen and oxygen atoms in total. The molecular formula is C20H26N2O4. The second-order valence-corrected chi connectivity index (χ2v) is 6.91. The van der Waals surface area contributed by atoms with Crippen LogP contribution in [0.3, 0.4) is 0 Å². The van der Waals surface area contributed by atoms with Crippen molar-refractivity contribution < 1.29 is 20.4 Å². The van der Waals surface area contributed by atoms with Crippen LogP contribution >= 0.6 is 0 Å². The van der Waals surface area contributed by atoms with Crippen LogP contribution in [0, 0.1) is 0 Å². The number of nitrogens with one attached hydrogen (secondary N) is 2. The largest absolute Gasteiger partial charge is 0.504 e. The van der Waals surface area contributed by atoms with Gasteiger partial charge >= 0.3 is 0 Å². The zero-order valence-corrected chi connectivity index (χ0v) is 14.7. The van der Waals surface area contributed by atoms with E-state index in [-0.39, 0.29) is 23.0 Å². The Morgan fingerprint density at radius 2 is 1.08 bits per heavy atom. The third-order valence-electron chi connectivity index (χ3n) is 4.98. The molecule has 0 aromatic heterocycles. The van der Waals surface area contributed by atoms with Gasteiger partial charge in [0.05, 0.1) is 0 Å². The fourth-order valence-corrected chi connectivity index (χ4v) is 3.48. The molecule has 0 spiro atoms. The van der Waals surface area contributed by atoms with Gasteiger partial charge in [0.25, 0.3) is 0 Å². The fourth-order valence-electron chi connectivity index (χ4n) is 3.48. The summed E-state index contributed by atoms with van der Waals surface area (Å²) in [6.45, 7) is 1.24. The van der Waals surface area contributed by atoms with E-state index in [1.54, 1.807) is 24.3 Å². The van der Waals surface area contributed by atoms with Crippen LogP contribution in [0.25, 0.3) is 0 Å². The first kappa shape index (κ1) is 18.4. The minimum Gasteiger partial charge on any atom is -0.504 e. The van der Waals surface area contributed by atoms with Crippen molar-refractivity contribution in [3.63, 3.8) is 0 Å². The van der Waals surface area contributed by atoms with Crippen molar-refractivity contribution >= 4 is 0 Å². The lowest BCUT2D eigenvalue weighted by Gasteiger charge is -2.33. The molecule has 26 heavy (non-hydrogen) atoms. The molecule has 0 bridgehead atoms. The van der Waals surface area contributed by atoms with Crippen LogP contribution < -0.4 is 10.6 Å². The van der Waals surface area contributed by atoms with E-state index in [0.717, 1.165) is 24.0 Å². The fraction of sp³-hybridized carbons (Fsp3) is 0.400. The molecule has 2 aromatic rings. The van der Waals surface area contributed by atoms with Gasteiger partial charge in [-0.25, -0.2) is 0 Å². The Labute approximate surface area is 153 Å². The highest BCUT2D eigenvalue weighted by Gasteiger charge is 2.24. The SMILES string of the molecule is Oc1ccc(CN[C@@H]2CCCC[C@H]2NCc2ccc(O)c(O)c2)cc1O. The molecule has 0 radical (unpaired) electrons. The lowest BCUT2D eigenvalue weighted by Crippen LogP contribution is -2.49. The third kappa shape index (κ3) is 4.59. The van der Waals surface area contributed by atoms with Crippen LogP contribution in [0.4, 0.5) is 0 Å². The Bertz CT molecular complexity index is 687. The van der Waals surface area contributed by atoms with Crippen LogP contribution in [-0.2, 0) is 13.1 Å². The summed E-state index contributed by atoms with van der Waals surface area (Å²) in [4.78, 5) is 0. The quantitative estimate of drug-likeness (QED) is 0.444. The van der Waals surface area contributed by atoms with E-state index in [9.17, 15) is 20.4 Å².